The highest BCUT2D eigenvalue weighted by Gasteiger charge is 2.39. The molecule has 0 aliphatic heterocycles. The average molecular weight is 265 g/mol. The Bertz CT molecular complexity index is 440. The van der Waals surface area contributed by atoms with Crippen molar-refractivity contribution in [3.05, 3.63) is 35.9 Å². The topological polar surface area (TPSA) is 51.2 Å². The van der Waals surface area contributed by atoms with E-state index in [0.29, 0.717) is 5.56 Å². The van der Waals surface area contributed by atoms with Crippen molar-refractivity contribution in [3.63, 3.8) is 0 Å². The van der Waals surface area contributed by atoms with Crippen LogP contribution in [0.15, 0.2) is 30.3 Å². The Labute approximate surface area is 98.7 Å². The van der Waals surface area contributed by atoms with Gasteiger partial charge in [0.25, 0.3) is 0 Å². The fraction of sp³-hybridized carbons (Fsp3) is 0.400. The summed E-state index contributed by atoms with van der Waals surface area (Å²) in [6.07, 6.45) is 0. The first-order valence-electron chi connectivity index (χ1n) is 4.44. The summed E-state index contributed by atoms with van der Waals surface area (Å²) in [5.74, 6) is 0. The van der Waals surface area contributed by atoms with Gasteiger partial charge in [-0.25, -0.2) is 8.42 Å². The maximum atomic E-state index is 11.8. The minimum absolute atomic E-state index is 0. The van der Waals surface area contributed by atoms with Crippen molar-refractivity contribution in [2.45, 2.75) is 18.6 Å². The Balaban J connectivity index is 0.00000225. The molecule has 0 aromatic heterocycles. The van der Waals surface area contributed by atoms with Crippen molar-refractivity contribution in [1.82, 2.24) is 0 Å². The van der Waals surface area contributed by atoms with Crippen LogP contribution in [0.4, 0.5) is 4.70 Å². The first kappa shape index (κ1) is 15.1. The Morgan fingerprint density at radius 1 is 1.19 bits per heavy atom. The number of rotatable bonds is 4. The number of benzene rings is 1. The lowest BCUT2D eigenvalue weighted by Gasteiger charge is -2.21. The molecule has 1 rings (SSSR count). The highest BCUT2D eigenvalue weighted by Crippen LogP contribution is 2.29. The molecule has 0 saturated carbocycles. The molecule has 0 heterocycles. The van der Waals surface area contributed by atoms with Gasteiger partial charge in [0.2, 0.25) is 9.84 Å². The monoisotopic (exact) mass is 265 g/mol. The minimum Gasteiger partial charge on any atom is -0.269 e. The Kier molecular flexibility index (Phi) is 5.15. The molecule has 0 radical (unpaired) electrons. The summed E-state index contributed by atoms with van der Waals surface area (Å²) < 4.78 is 33.0. The lowest BCUT2D eigenvalue weighted by Crippen LogP contribution is -2.31. The standard InChI is InChI=1S/C10H13O3S2.FH/c1-10(2,15(12,13)8-14-11)9-6-4-3-5-7-9;/h3-7H,8H2,1-2H3;1H/q+1;. The molecule has 0 fully saturated rings. The predicted octanol–water partition coefficient (Wildman–Crippen LogP) is 1.87. The third-order valence-electron chi connectivity index (χ3n) is 2.45. The van der Waals surface area contributed by atoms with Crippen molar-refractivity contribution < 1.29 is 17.3 Å². The molecule has 0 aliphatic carbocycles. The minimum atomic E-state index is -3.41. The number of hydrogen-bond acceptors (Lipinski definition) is 3. The van der Waals surface area contributed by atoms with E-state index in [4.69, 9.17) is 0 Å². The van der Waals surface area contributed by atoms with Gasteiger partial charge in [-0.05, 0) is 19.4 Å². The molecule has 3 nitrogen and oxygen atoms in total. The zero-order valence-corrected chi connectivity index (χ0v) is 10.7. The van der Waals surface area contributed by atoms with Crippen LogP contribution in [0.25, 0.3) is 0 Å². The van der Waals surface area contributed by atoms with Gasteiger partial charge in [-0.3, -0.25) is 4.70 Å². The van der Waals surface area contributed by atoms with E-state index in [1.807, 2.05) is 6.07 Å². The van der Waals surface area contributed by atoms with Crippen LogP contribution in [0.1, 0.15) is 19.4 Å². The molecule has 0 atom stereocenters. The van der Waals surface area contributed by atoms with Gasteiger partial charge in [-0.1, -0.05) is 30.3 Å². The normalized spacial score (nSPS) is 11.6. The number of hydrogen-bond donors (Lipinski definition) is 0. The smallest absolute Gasteiger partial charge is 0.269 e. The first-order chi connectivity index (χ1) is 6.92. The van der Waals surface area contributed by atoms with Crippen molar-refractivity contribution in [1.29, 1.82) is 0 Å². The van der Waals surface area contributed by atoms with Crippen LogP contribution in [-0.2, 0) is 30.5 Å². The molecule has 1 aromatic rings. The van der Waals surface area contributed by atoms with Crippen molar-refractivity contribution in [2.24, 2.45) is 0 Å². The Hall–Kier alpha value is -0.880. The zero-order valence-electron chi connectivity index (χ0n) is 9.04. The van der Waals surface area contributed by atoms with Gasteiger partial charge >= 0.3 is 16.8 Å². The Morgan fingerprint density at radius 3 is 2.12 bits per heavy atom. The van der Waals surface area contributed by atoms with Crippen LogP contribution in [0.2, 0.25) is 0 Å². The van der Waals surface area contributed by atoms with Crippen LogP contribution in [0, 0.1) is 0 Å². The highest BCUT2D eigenvalue weighted by atomic mass is 32.3. The van der Waals surface area contributed by atoms with Gasteiger partial charge in [0.15, 0.2) is 0 Å². The van der Waals surface area contributed by atoms with Gasteiger partial charge in [0.05, 0.1) is 4.75 Å². The van der Waals surface area contributed by atoms with Crippen molar-refractivity contribution in [2.75, 3.05) is 5.08 Å². The molecular formula is C10H14FO3S2+. The van der Waals surface area contributed by atoms with Crippen LogP contribution < -0.4 is 0 Å². The molecular weight excluding hydrogens is 251 g/mol. The highest BCUT2D eigenvalue weighted by molar-refractivity contribution is 8.00. The summed E-state index contributed by atoms with van der Waals surface area (Å²) in [5, 5.41) is -0.394. The second kappa shape index (κ2) is 5.45. The fourth-order valence-corrected chi connectivity index (χ4v) is 3.41. The van der Waals surface area contributed by atoms with E-state index in [2.05, 4.69) is 0 Å². The molecule has 1 aromatic carbocycles. The number of halogens is 1. The van der Waals surface area contributed by atoms with Gasteiger partial charge in [-0.15, -0.1) is 0 Å². The molecule has 90 valence electrons. The third-order valence-corrected chi connectivity index (χ3v) is 5.87. The molecule has 0 spiro atoms. The lowest BCUT2D eigenvalue weighted by atomic mass is 10.0. The molecule has 16 heavy (non-hydrogen) atoms. The van der Waals surface area contributed by atoms with E-state index >= 15 is 0 Å². The summed E-state index contributed by atoms with van der Waals surface area (Å²) in [6, 6.07) is 8.92. The maximum Gasteiger partial charge on any atom is 0.475 e. The van der Waals surface area contributed by atoms with Crippen molar-refractivity contribution in [3.8, 4) is 0 Å². The van der Waals surface area contributed by atoms with Gasteiger partial charge in [0, 0.05) is 4.21 Å². The average Bonchev–Trinajstić information content (AvgIpc) is 2.19. The van der Waals surface area contributed by atoms with Crippen LogP contribution in [-0.4, -0.2) is 13.5 Å². The summed E-state index contributed by atoms with van der Waals surface area (Å²) in [6.45, 7) is 3.24. The fourth-order valence-electron chi connectivity index (χ4n) is 1.23. The van der Waals surface area contributed by atoms with E-state index in [1.165, 1.54) is 0 Å². The van der Waals surface area contributed by atoms with E-state index in [-0.39, 0.29) is 16.4 Å². The first-order valence-corrected chi connectivity index (χ1v) is 7.01. The SMILES string of the molecule is CC(C)(c1ccccc1)S(=O)(=O)C[S+]=O.F. The molecule has 0 N–H and O–H groups in total. The molecule has 0 saturated heterocycles. The summed E-state index contributed by atoms with van der Waals surface area (Å²) >= 11 is 0.0921. The number of sulfone groups is 1. The quantitative estimate of drug-likeness (QED) is 0.781. The van der Waals surface area contributed by atoms with Gasteiger partial charge in [-0.2, -0.15) is 0 Å². The molecule has 0 bridgehead atoms. The second-order valence-corrected chi connectivity index (χ2v) is 7.16. The van der Waals surface area contributed by atoms with E-state index in [9.17, 15) is 12.6 Å². The van der Waals surface area contributed by atoms with Crippen LogP contribution >= 0.6 is 0 Å². The molecule has 0 unspecified atom stereocenters. The molecule has 6 heteroatoms. The Morgan fingerprint density at radius 2 is 1.69 bits per heavy atom. The van der Waals surface area contributed by atoms with E-state index in [1.54, 1.807) is 38.1 Å². The largest absolute Gasteiger partial charge is 0.475 e. The maximum absolute atomic E-state index is 11.8. The third kappa shape index (κ3) is 2.82. The van der Waals surface area contributed by atoms with E-state index in [0.717, 1.165) is 0 Å². The van der Waals surface area contributed by atoms with Crippen LogP contribution in [0.3, 0.4) is 0 Å². The summed E-state index contributed by atoms with van der Waals surface area (Å²) in [5.41, 5.74) is 0.707. The lowest BCUT2D eigenvalue weighted by molar-refractivity contribution is 0.558. The van der Waals surface area contributed by atoms with Crippen LogP contribution in [0.5, 0.6) is 0 Å². The van der Waals surface area contributed by atoms with E-state index < -0.39 is 19.7 Å². The second-order valence-electron chi connectivity index (χ2n) is 3.73. The zero-order chi connectivity index (χ0) is 11.5. The predicted molar refractivity (Wildman–Crippen MR) is 63.8 cm³/mol. The summed E-state index contributed by atoms with van der Waals surface area (Å²) in [4.78, 5) is 0. The van der Waals surface area contributed by atoms with Gasteiger partial charge in [0.1, 0.15) is 0 Å². The molecule has 0 aliphatic rings. The van der Waals surface area contributed by atoms with Gasteiger partial charge < -0.3 is 0 Å². The summed E-state index contributed by atoms with van der Waals surface area (Å²) in [7, 11) is -3.41. The van der Waals surface area contributed by atoms with Crippen molar-refractivity contribution >= 4 is 21.5 Å². The molecule has 0 amide bonds.